The van der Waals surface area contributed by atoms with Crippen molar-refractivity contribution >= 4 is 28.6 Å². The lowest BCUT2D eigenvalue weighted by Gasteiger charge is -2.15. The van der Waals surface area contributed by atoms with Gasteiger partial charge in [-0.15, -0.1) is 0 Å². The molecule has 1 saturated carbocycles. The van der Waals surface area contributed by atoms with E-state index in [4.69, 9.17) is 4.74 Å². The number of hydrogen-bond donors (Lipinski definition) is 0. The minimum absolute atomic E-state index is 0.115. The molecule has 114 valence electrons. The number of aryl methyl sites for hydroxylation is 2. The Morgan fingerprint density at radius 3 is 2.48 bits per heavy atom. The van der Waals surface area contributed by atoms with Crippen molar-refractivity contribution in [3.8, 4) is 5.75 Å². The SMILES string of the molecule is Cc1cccc(C)c1OC(=O)C(I)CC=C1CCCCC1. The van der Waals surface area contributed by atoms with Crippen LogP contribution in [0.2, 0.25) is 0 Å². The highest BCUT2D eigenvalue weighted by molar-refractivity contribution is 14.1. The Hall–Kier alpha value is -0.840. The molecule has 0 bridgehead atoms. The van der Waals surface area contributed by atoms with Crippen molar-refractivity contribution in [2.45, 2.75) is 56.3 Å². The van der Waals surface area contributed by atoms with E-state index in [2.05, 4.69) is 28.7 Å². The van der Waals surface area contributed by atoms with Crippen molar-refractivity contribution in [1.29, 1.82) is 0 Å². The maximum atomic E-state index is 12.2. The number of rotatable bonds is 4. The molecule has 0 N–H and O–H groups in total. The molecule has 2 rings (SSSR count). The Labute approximate surface area is 141 Å². The highest BCUT2D eigenvalue weighted by Crippen LogP contribution is 2.26. The molecule has 0 spiro atoms. The third-order valence-electron chi connectivity index (χ3n) is 3.98. The monoisotopic (exact) mass is 398 g/mol. The molecule has 1 atom stereocenters. The Kier molecular flexibility index (Phi) is 6.27. The molecule has 0 saturated heterocycles. The molecule has 0 aliphatic heterocycles. The predicted octanol–water partition coefficient (Wildman–Crippen LogP) is 5.29. The highest BCUT2D eigenvalue weighted by atomic mass is 127. The summed E-state index contributed by atoms with van der Waals surface area (Å²) in [5.74, 6) is 0.579. The van der Waals surface area contributed by atoms with Crippen LogP contribution in [0.25, 0.3) is 0 Å². The van der Waals surface area contributed by atoms with Crippen LogP contribution in [0.4, 0.5) is 0 Å². The van der Waals surface area contributed by atoms with Crippen molar-refractivity contribution in [3.05, 3.63) is 41.0 Å². The molecule has 21 heavy (non-hydrogen) atoms. The zero-order valence-corrected chi connectivity index (χ0v) is 15.0. The van der Waals surface area contributed by atoms with Gasteiger partial charge in [-0.05, 0) is 57.1 Å². The largest absolute Gasteiger partial charge is 0.425 e. The van der Waals surface area contributed by atoms with Crippen LogP contribution in [0.15, 0.2) is 29.8 Å². The third kappa shape index (κ3) is 4.83. The number of benzene rings is 1. The van der Waals surface area contributed by atoms with Gasteiger partial charge in [-0.1, -0.05) is 58.9 Å². The summed E-state index contributed by atoms with van der Waals surface area (Å²) in [6.45, 7) is 3.95. The fraction of sp³-hybridized carbons (Fsp3) is 0.500. The van der Waals surface area contributed by atoms with Gasteiger partial charge in [0.05, 0.1) is 0 Å². The van der Waals surface area contributed by atoms with Crippen LogP contribution in [0.5, 0.6) is 5.75 Å². The minimum atomic E-state index is -0.138. The molecule has 1 aliphatic carbocycles. The van der Waals surface area contributed by atoms with Crippen molar-refractivity contribution < 1.29 is 9.53 Å². The predicted molar refractivity (Wildman–Crippen MR) is 95.1 cm³/mol. The molecule has 0 radical (unpaired) electrons. The van der Waals surface area contributed by atoms with E-state index in [-0.39, 0.29) is 9.89 Å². The second kappa shape index (κ2) is 7.97. The molecule has 0 aromatic heterocycles. The first-order valence-electron chi connectivity index (χ1n) is 7.68. The first-order valence-corrected chi connectivity index (χ1v) is 8.92. The molecule has 3 heteroatoms. The van der Waals surface area contributed by atoms with Gasteiger partial charge in [0.1, 0.15) is 9.67 Å². The molecule has 1 fully saturated rings. The summed E-state index contributed by atoms with van der Waals surface area (Å²) in [6.07, 6.45) is 9.38. The summed E-state index contributed by atoms with van der Waals surface area (Å²) in [5.41, 5.74) is 3.54. The quantitative estimate of drug-likeness (QED) is 0.226. The summed E-state index contributed by atoms with van der Waals surface area (Å²) in [4.78, 5) is 12.2. The van der Waals surface area contributed by atoms with E-state index in [0.29, 0.717) is 0 Å². The summed E-state index contributed by atoms with van der Waals surface area (Å²) in [7, 11) is 0. The number of carbonyl (C=O) groups is 1. The van der Waals surface area contributed by atoms with Crippen LogP contribution in [-0.2, 0) is 4.79 Å². The van der Waals surface area contributed by atoms with Gasteiger partial charge in [-0.3, -0.25) is 4.79 Å². The molecule has 1 aromatic carbocycles. The second-order valence-corrected chi connectivity index (χ2v) is 7.27. The van der Waals surface area contributed by atoms with Crippen LogP contribution in [0, 0.1) is 13.8 Å². The average molecular weight is 398 g/mol. The number of carbonyl (C=O) groups excluding carboxylic acids is 1. The smallest absolute Gasteiger partial charge is 0.324 e. The summed E-state index contributed by atoms with van der Waals surface area (Å²) < 4.78 is 5.49. The van der Waals surface area contributed by atoms with Crippen LogP contribution in [0.3, 0.4) is 0 Å². The topological polar surface area (TPSA) is 26.3 Å². The number of ether oxygens (including phenoxy) is 1. The van der Waals surface area contributed by atoms with Gasteiger partial charge in [0.25, 0.3) is 0 Å². The fourth-order valence-corrected chi connectivity index (χ4v) is 3.08. The van der Waals surface area contributed by atoms with E-state index in [1.807, 2.05) is 32.0 Å². The van der Waals surface area contributed by atoms with Crippen LogP contribution in [0.1, 0.15) is 49.7 Å². The lowest BCUT2D eigenvalue weighted by atomic mass is 9.94. The molecule has 0 heterocycles. The third-order valence-corrected chi connectivity index (χ3v) is 4.99. The number of hydrogen-bond acceptors (Lipinski definition) is 2. The van der Waals surface area contributed by atoms with Crippen LogP contribution < -0.4 is 4.74 Å². The summed E-state index contributed by atoms with van der Waals surface area (Å²) in [6, 6.07) is 5.93. The van der Waals surface area contributed by atoms with Gasteiger partial charge in [-0.2, -0.15) is 0 Å². The lowest BCUT2D eigenvalue weighted by Crippen LogP contribution is -2.20. The van der Waals surface area contributed by atoms with E-state index < -0.39 is 0 Å². The number of halogens is 1. The fourth-order valence-electron chi connectivity index (χ4n) is 2.70. The number of para-hydroxylation sites is 1. The van der Waals surface area contributed by atoms with E-state index in [9.17, 15) is 4.79 Å². The number of esters is 1. The average Bonchev–Trinajstić information content (AvgIpc) is 2.49. The van der Waals surface area contributed by atoms with Gasteiger partial charge in [0.2, 0.25) is 0 Å². The number of allylic oxidation sites excluding steroid dienone is 2. The Bertz CT molecular complexity index is 506. The maximum absolute atomic E-state index is 12.2. The van der Waals surface area contributed by atoms with Crippen molar-refractivity contribution in [2.24, 2.45) is 0 Å². The van der Waals surface area contributed by atoms with E-state index in [0.717, 1.165) is 23.3 Å². The highest BCUT2D eigenvalue weighted by Gasteiger charge is 2.18. The van der Waals surface area contributed by atoms with Gasteiger partial charge >= 0.3 is 5.97 Å². The van der Waals surface area contributed by atoms with E-state index in [1.165, 1.54) is 37.7 Å². The zero-order valence-electron chi connectivity index (χ0n) is 12.8. The molecular weight excluding hydrogens is 375 g/mol. The second-order valence-electron chi connectivity index (χ2n) is 5.77. The van der Waals surface area contributed by atoms with Gasteiger partial charge in [0, 0.05) is 0 Å². The normalized spacial score (nSPS) is 16.4. The van der Waals surface area contributed by atoms with Gasteiger partial charge in [0.15, 0.2) is 0 Å². The van der Waals surface area contributed by atoms with Crippen LogP contribution >= 0.6 is 22.6 Å². The standard InChI is InChI=1S/C18H23IO2/c1-13-7-6-8-14(2)17(13)21-18(20)16(19)12-11-15-9-4-3-5-10-15/h6-8,11,16H,3-5,9-10,12H2,1-2H3. The Morgan fingerprint density at radius 1 is 1.24 bits per heavy atom. The van der Waals surface area contributed by atoms with Gasteiger partial charge in [-0.25, -0.2) is 0 Å². The van der Waals surface area contributed by atoms with Crippen molar-refractivity contribution in [3.63, 3.8) is 0 Å². The van der Waals surface area contributed by atoms with Crippen LogP contribution in [-0.4, -0.2) is 9.89 Å². The van der Waals surface area contributed by atoms with Gasteiger partial charge < -0.3 is 4.74 Å². The molecular formula is C18H23IO2. The van der Waals surface area contributed by atoms with Crippen molar-refractivity contribution in [2.75, 3.05) is 0 Å². The summed E-state index contributed by atoms with van der Waals surface area (Å²) in [5, 5.41) is 0. The first kappa shape index (κ1) is 16.5. The first-order chi connectivity index (χ1) is 10.1. The molecule has 1 unspecified atom stereocenters. The molecule has 1 aromatic rings. The Balaban J connectivity index is 1.93. The minimum Gasteiger partial charge on any atom is -0.425 e. The molecule has 1 aliphatic rings. The maximum Gasteiger partial charge on any atom is 0.324 e. The van der Waals surface area contributed by atoms with E-state index >= 15 is 0 Å². The number of alkyl halides is 1. The Morgan fingerprint density at radius 2 is 1.86 bits per heavy atom. The molecule has 2 nitrogen and oxygen atoms in total. The lowest BCUT2D eigenvalue weighted by molar-refractivity contribution is -0.133. The molecule has 0 amide bonds. The van der Waals surface area contributed by atoms with E-state index in [1.54, 1.807) is 0 Å². The summed E-state index contributed by atoms with van der Waals surface area (Å²) >= 11 is 2.19. The zero-order chi connectivity index (χ0) is 15.2. The van der Waals surface area contributed by atoms with Crippen molar-refractivity contribution in [1.82, 2.24) is 0 Å².